The minimum absolute atomic E-state index is 0.115. The van der Waals surface area contributed by atoms with Crippen LogP contribution in [0.5, 0.6) is 0 Å². The fraction of sp³-hybridized carbons (Fsp3) is 0.471. The van der Waals surface area contributed by atoms with Gasteiger partial charge >= 0.3 is 0 Å². The van der Waals surface area contributed by atoms with Crippen molar-refractivity contribution in [1.29, 1.82) is 0 Å². The van der Waals surface area contributed by atoms with Gasteiger partial charge in [-0.1, -0.05) is 25.1 Å². The Morgan fingerprint density at radius 1 is 1.32 bits per heavy atom. The third-order valence-corrected chi connectivity index (χ3v) is 4.22. The summed E-state index contributed by atoms with van der Waals surface area (Å²) in [5, 5.41) is 4.11. The predicted octanol–water partition coefficient (Wildman–Crippen LogP) is 4.41. The van der Waals surface area contributed by atoms with Crippen molar-refractivity contribution in [3.8, 4) is 0 Å². The average molecular weight is 306 g/mol. The fourth-order valence-corrected chi connectivity index (χ4v) is 2.94. The highest BCUT2D eigenvalue weighted by atomic mass is 19.1. The van der Waals surface area contributed by atoms with Gasteiger partial charge < -0.3 is 4.52 Å². The second-order valence-corrected chi connectivity index (χ2v) is 6.17. The average Bonchev–Trinajstić information content (AvgIpc) is 3.10. The molecule has 3 rings (SSSR count). The molecule has 0 amide bonds. The van der Waals surface area contributed by atoms with E-state index in [9.17, 15) is 8.78 Å². The lowest BCUT2D eigenvalue weighted by Crippen LogP contribution is -2.23. The van der Waals surface area contributed by atoms with Gasteiger partial charge in [-0.3, -0.25) is 4.90 Å². The third kappa shape index (κ3) is 3.04. The molecule has 118 valence electrons. The Balaban J connectivity index is 1.77. The third-order valence-electron chi connectivity index (χ3n) is 4.22. The van der Waals surface area contributed by atoms with Gasteiger partial charge in [0.1, 0.15) is 11.6 Å². The molecule has 1 saturated heterocycles. The number of rotatable bonds is 4. The SMILES string of the molecule is CC(C)c1cc([C@@H]2CCCN2Cc2ccc(F)cc2F)on1. The quantitative estimate of drug-likeness (QED) is 0.837. The minimum atomic E-state index is -0.545. The molecule has 3 nitrogen and oxygen atoms in total. The van der Waals surface area contributed by atoms with Crippen molar-refractivity contribution in [3.63, 3.8) is 0 Å². The number of likely N-dealkylation sites (tertiary alicyclic amines) is 1. The molecule has 1 aliphatic heterocycles. The van der Waals surface area contributed by atoms with Gasteiger partial charge in [0.15, 0.2) is 5.76 Å². The largest absolute Gasteiger partial charge is 0.359 e. The summed E-state index contributed by atoms with van der Waals surface area (Å²) in [6.07, 6.45) is 2.00. The maximum Gasteiger partial charge on any atom is 0.154 e. The molecule has 0 spiro atoms. The van der Waals surface area contributed by atoms with Crippen molar-refractivity contribution in [2.24, 2.45) is 0 Å². The summed E-state index contributed by atoms with van der Waals surface area (Å²) in [5.41, 5.74) is 1.45. The lowest BCUT2D eigenvalue weighted by atomic mass is 10.1. The van der Waals surface area contributed by atoms with Crippen molar-refractivity contribution in [3.05, 3.63) is 52.9 Å². The highest BCUT2D eigenvalue weighted by Gasteiger charge is 2.30. The maximum absolute atomic E-state index is 13.8. The fourth-order valence-electron chi connectivity index (χ4n) is 2.94. The number of hydrogen-bond donors (Lipinski definition) is 0. The van der Waals surface area contributed by atoms with Crippen molar-refractivity contribution in [1.82, 2.24) is 10.1 Å². The Hall–Kier alpha value is -1.75. The lowest BCUT2D eigenvalue weighted by Gasteiger charge is -2.22. The molecule has 0 unspecified atom stereocenters. The van der Waals surface area contributed by atoms with Gasteiger partial charge in [0.05, 0.1) is 11.7 Å². The molecule has 5 heteroatoms. The van der Waals surface area contributed by atoms with Crippen LogP contribution in [-0.2, 0) is 6.54 Å². The number of hydrogen-bond acceptors (Lipinski definition) is 3. The zero-order chi connectivity index (χ0) is 15.7. The van der Waals surface area contributed by atoms with Crippen LogP contribution in [0.3, 0.4) is 0 Å². The van der Waals surface area contributed by atoms with Crippen LogP contribution in [0.25, 0.3) is 0 Å². The van der Waals surface area contributed by atoms with Gasteiger partial charge in [-0.05, 0) is 31.4 Å². The Bertz CT molecular complexity index is 654. The summed E-state index contributed by atoms with van der Waals surface area (Å²) in [6.45, 7) is 5.47. The van der Waals surface area contributed by atoms with Gasteiger partial charge in [-0.25, -0.2) is 8.78 Å². The van der Waals surface area contributed by atoms with Crippen LogP contribution in [0.15, 0.2) is 28.8 Å². The van der Waals surface area contributed by atoms with Crippen LogP contribution in [0.4, 0.5) is 8.78 Å². The minimum Gasteiger partial charge on any atom is -0.359 e. The van der Waals surface area contributed by atoms with Crippen molar-refractivity contribution < 1.29 is 13.3 Å². The van der Waals surface area contributed by atoms with E-state index in [0.717, 1.165) is 36.9 Å². The molecule has 1 atom stereocenters. The molecule has 0 radical (unpaired) electrons. The number of halogens is 2. The summed E-state index contributed by atoms with van der Waals surface area (Å²) in [7, 11) is 0. The van der Waals surface area contributed by atoms with E-state index < -0.39 is 11.6 Å². The van der Waals surface area contributed by atoms with E-state index in [1.807, 2.05) is 6.07 Å². The monoisotopic (exact) mass is 306 g/mol. The highest BCUT2D eigenvalue weighted by Crippen LogP contribution is 2.34. The molecular weight excluding hydrogens is 286 g/mol. The predicted molar refractivity (Wildman–Crippen MR) is 79.3 cm³/mol. The lowest BCUT2D eigenvalue weighted by molar-refractivity contribution is 0.204. The maximum atomic E-state index is 13.8. The van der Waals surface area contributed by atoms with Gasteiger partial charge in [0.25, 0.3) is 0 Å². The molecule has 1 aliphatic rings. The van der Waals surface area contributed by atoms with Crippen molar-refractivity contribution in [2.75, 3.05) is 6.54 Å². The first-order valence-corrected chi connectivity index (χ1v) is 7.69. The van der Waals surface area contributed by atoms with E-state index in [1.165, 1.54) is 12.1 Å². The molecule has 2 heterocycles. The molecule has 0 saturated carbocycles. The molecular formula is C17H20F2N2O. The summed E-state index contributed by atoms with van der Waals surface area (Å²) in [4.78, 5) is 2.17. The summed E-state index contributed by atoms with van der Waals surface area (Å²) in [5.74, 6) is 0.118. The second kappa shape index (κ2) is 6.16. The summed E-state index contributed by atoms with van der Waals surface area (Å²) < 4.78 is 32.3. The Morgan fingerprint density at radius 2 is 2.14 bits per heavy atom. The number of nitrogens with zero attached hydrogens (tertiary/aromatic N) is 2. The first kappa shape index (κ1) is 15.2. The molecule has 1 fully saturated rings. The molecule has 1 aromatic heterocycles. The molecule has 22 heavy (non-hydrogen) atoms. The van der Waals surface area contributed by atoms with Crippen molar-refractivity contribution >= 4 is 0 Å². The Labute approximate surface area is 128 Å². The highest BCUT2D eigenvalue weighted by molar-refractivity contribution is 5.20. The van der Waals surface area contributed by atoms with Crippen LogP contribution < -0.4 is 0 Å². The van der Waals surface area contributed by atoms with Gasteiger partial charge in [0.2, 0.25) is 0 Å². The molecule has 1 aromatic carbocycles. The van der Waals surface area contributed by atoms with Gasteiger partial charge in [0, 0.05) is 24.2 Å². The van der Waals surface area contributed by atoms with E-state index in [0.29, 0.717) is 18.0 Å². The normalized spacial score (nSPS) is 19.2. The summed E-state index contributed by atoms with van der Waals surface area (Å²) in [6, 6.07) is 5.86. The smallest absolute Gasteiger partial charge is 0.154 e. The molecule has 2 aromatic rings. The van der Waals surface area contributed by atoms with E-state index >= 15 is 0 Å². The first-order valence-electron chi connectivity index (χ1n) is 7.69. The van der Waals surface area contributed by atoms with Crippen molar-refractivity contribution in [2.45, 2.75) is 45.2 Å². The number of benzene rings is 1. The second-order valence-electron chi connectivity index (χ2n) is 6.17. The van der Waals surface area contributed by atoms with Gasteiger partial charge in [-0.15, -0.1) is 0 Å². The summed E-state index contributed by atoms with van der Waals surface area (Å²) >= 11 is 0. The van der Waals surface area contributed by atoms with E-state index in [4.69, 9.17) is 4.52 Å². The molecule has 0 bridgehead atoms. The Kier molecular flexibility index (Phi) is 4.25. The molecule has 0 aliphatic carbocycles. The van der Waals surface area contributed by atoms with Gasteiger partial charge in [-0.2, -0.15) is 0 Å². The number of aromatic nitrogens is 1. The first-order chi connectivity index (χ1) is 10.5. The van der Waals surface area contributed by atoms with E-state index in [1.54, 1.807) is 0 Å². The van der Waals surface area contributed by atoms with E-state index in [2.05, 4.69) is 23.9 Å². The van der Waals surface area contributed by atoms with Crippen LogP contribution in [-0.4, -0.2) is 16.6 Å². The molecule has 0 N–H and O–H groups in total. The topological polar surface area (TPSA) is 29.3 Å². The zero-order valence-corrected chi connectivity index (χ0v) is 12.9. The van der Waals surface area contributed by atoms with Crippen LogP contribution in [0, 0.1) is 11.6 Å². The zero-order valence-electron chi connectivity index (χ0n) is 12.9. The van der Waals surface area contributed by atoms with Crippen LogP contribution in [0.1, 0.15) is 55.7 Å². The van der Waals surface area contributed by atoms with Crippen LogP contribution >= 0.6 is 0 Å². The van der Waals surface area contributed by atoms with Crippen LogP contribution in [0.2, 0.25) is 0 Å². The van der Waals surface area contributed by atoms with E-state index in [-0.39, 0.29) is 6.04 Å². The standard InChI is InChI=1S/C17H20F2N2O/c1-11(2)15-9-17(22-20-15)16-4-3-7-21(16)10-12-5-6-13(18)8-14(12)19/h5-6,8-9,11,16H,3-4,7,10H2,1-2H3/t16-/m0/s1. The Morgan fingerprint density at radius 3 is 2.82 bits per heavy atom.